The molecule has 1 rings (SSSR count). The number of carbonyl (C=O) groups excluding carboxylic acids is 2. The smallest absolute Gasteiger partial charge is 0.243 e. The zero-order valence-corrected chi connectivity index (χ0v) is 7.36. The van der Waals surface area contributed by atoms with Gasteiger partial charge in [0.1, 0.15) is 5.88 Å². The van der Waals surface area contributed by atoms with Gasteiger partial charge in [-0.2, -0.15) is 0 Å². The zero-order valence-electron chi connectivity index (χ0n) is 6.60. The second kappa shape index (κ2) is 4.42. The van der Waals surface area contributed by atoms with Gasteiger partial charge in [0.2, 0.25) is 11.8 Å². The van der Waals surface area contributed by atoms with E-state index in [9.17, 15) is 9.59 Å². The summed E-state index contributed by atoms with van der Waals surface area (Å²) in [4.78, 5) is 21.8. The molecule has 1 saturated heterocycles. The van der Waals surface area contributed by atoms with Crippen LogP contribution in [0.25, 0.3) is 0 Å². The maximum atomic E-state index is 11.2. The highest BCUT2D eigenvalue weighted by Crippen LogP contribution is 2.04. The number of halogens is 1. The van der Waals surface area contributed by atoms with Gasteiger partial charge in [0.05, 0.1) is 6.04 Å². The van der Waals surface area contributed by atoms with Gasteiger partial charge in [-0.15, -0.1) is 11.6 Å². The molecule has 1 fully saturated rings. The molecule has 0 radical (unpaired) electrons. The van der Waals surface area contributed by atoms with Crippen LogP contribution in [0.2, 0.25) is 0 Å². The molecule has 1 atom stereocenters. The van der Waals surface area contributed by atoms with Crippen LogP contribution >= 0.6 is 11.6 Å². The van der Waals surface area contributed by atoms with Crippen molar-refractivity contribution >= 4 is 23.4 Å². The van der Waals surface area contributed by atoms with Gasteiger partial charge in [-0.3, -0.25) is 14.9 Å². The molecule has 12 heavy (non-hydrogen) atoms. The Morgan fingerprint density at radius 1 is 1.58 bits per heavy atom. The molecule has 0 aliphatic carbocycles. The van der Waals surface area contributed by atoms with Crippen molar-refractivity contribution in [3.05, 3.63) is 0 Å². The maximum absolute atomic E-state index is 11.2. The Bertz CT molecular complexity index is 190. The molecule has 68 valence electrons. The summed E-state index contributed by atoms with van der Waals surface area (Å²) in [5, 5.41) is 5.18. The molecule has 2 amide bonds. The van der Waals surface area contributed by atoms with E-state index in [4.69, 9.17) is 11.6 Å². The third kappa shape index (κ3) is 2.46. The van der Waals surface area contributed by atoms with E-state index >= 15 is 0 Å². The summed E-state index contributed by atoms with van der Waals surface area (Å²) < 4.78 is 0. The Kier molecular flexibility index (Phi) is 3.49. The standard InChI is InChI=1S/C7H11ClN2O2/c8-4-6(11)10-7(12)5-2-1-3-9-5/h5,9H,1-4H2,(H,10,11,12). The Morgan fingerprint density at radius 3 is 2.83 bits per heavy atom. The van der Waals surface area contributed by atoms with Crippen molar-refractivity contribution in [2.75, 3.05) is 12.4 Å². The van der Waals surface area contributed by atoms with Crippen LogP contribution < -0.4 is 10.6 Å². The molecular formula is C7H11ClN2O2. The molecule has 1 aliphatic heterocycles. The van der Waals surface area contributed by atoms with Gasteiger partial charge in [0.15, 0.2) is 0 Å². The number of carbonyl (C=O) groups is 2. The van der Waals surface area contributed by atoms with Crippen LogP contribution in [0.5, 0.6) is 0 Å². The SMILES string of the molecule is O=C(CCl)NC(=O)C1CCCN1. The molecule has 0 saturated carbocycles. The third-order valence-corrected chi connectivity index (χ3v) is 2.00. The molecule has 1 heterocycles. The second-order valence-corrected chi connectivity index (χ2v) is 2.96. The number of hydrogen-bond acceptors (Lipinski definition) is 3. The zero-order chi connectivity index (χ0) is 8.97. The highest BCUT2D eigenvalue weighted by molar-refractivity contribution is 6.28. The first-order chi connectivity index (χ1) is 5.74. The minimum Gasteiger partial charge on any atom is -0.306 e. The summed E-state index contributed by atoms with van der Waals surface area (Å²) in [6, 6.07) is -0.211. The lowest BCUT2D eigenvalue weighted by molar-refractivity contribution is -0.130. The molecule has 0 aromatic heterocycles. The van der Waals surface area contributed by atoms with Crippen LogP contribution in [0, 0.1) is 0 Å². The Morgan fingerprint density at radius 2 is 2.33 bits per heavy atom. The monoisotopic (exact) mass is 190 g/mol. The molecule has 2 N–H and O–H groups in total. The van der Waals surface area contributed by atoms with Crippen molar-refractivity contribution in [3.8, 4) is 0 Å². The van der Waals surface area contributed by atoms with Gasteiger partial charge in [0.25, 0.3) is 0 Å². The first-order valence-corrected chi connectivity index (χ1v) is 4.40. The number of imide groups is 1. The molecule has 1 aliphatic rings. The number of amides is 2. The summed E-state index contributed by atoms with van der Waals surface area (Å²) in [6.07, 6.45) is 1.77. The van der Waals surface area contributed by atoms with Gasteiger partial charge in [0, 0.05) is 0 Å². The molecular weight excluding hydrogens is 180 g/mol. The van der Waals surface area contributed by atoms with Gasteiger partial charge < -0.3 is 5.32 Å². The largest absolute Gasteiger partial charge is 0.306 e. The summed E-state index contributed by atoms with van der Waals surface area (Å²) in [5.41, 5.74) is 0. The first kappa shape index (κ1) is 9.48. The molecule has 5 heteroatoms. The van der Waals surface area contributed by atoms with Crippen LogP contribution in [-0.4, -0.2) is 30.3 Å². The predicted molar refractivity (Wildman–Crippen MR) is 44.9 cm³/mol. The third-order valence-electron chi connectivity index (χ3n) is 1.76. The molecule has 0 aromatic carbocycles. The Hall–Kier alpha value is -0.610. The van der Waals surface area contributed by atoms with E-state index < -0.39 is 5.91 Å². The maximum Gasteiger partial charge on any atom is 0.243 e. The average Bonchev–Trinajstić information content (AvgIpc) is 2.56. The normalized spacial score (nSPS) is 22.2. The van der Waals surface area contributed by atoms with Gasteiger partial charge in [-0.1, -0.05) is 0 Å². The van der Waals surface area contributed by atoms with Gasteiger partial charge >= 0.3 is 0 Å². The number of hydrogen-bond donors (Lipinski definition) is 2. The number of nitrogens with one attached hydrogen (secondary N) is 2. The fraction of sp³-hybridized carbons (Fsp3) is 0.714. The van der Waals surface area contributed by atoms with E-state index in [2.05, 4.69) is 10.6 Å². The Balaban J connectivity index is 2.32. The average molecular weight is 191 g/mol. The van der Waals surface area contributed by atoms with Crippen molar-refractivity contribution in [1.29, 1.82) is 0 Å². The van der Waals surface area contributed by atoms with E-state index in [1.165, 1.54) is 0 Å². The number of alkyl halides is 1. The predicted octanol–water partition coefficient (Wildman–Crippen LogP) is -0.380. The van der Waals surface area contributed by atoms with E-state index in [1.807, 2.05) is 0 Å². The van der Waals surface area contributed by atoms with Crippen LogP contribution in [-0.2, 0) is 9.59 Å². The fourth-order valence-electron chi connectivity index (χ4n) is 1.17. The molecule has 1 unspecified atom stereocenters. The molecule has 0 aromatic rings. The van der Waals surface area contributed by atoms with Crippen molar-refractivity contribution in [2.45, 2.75) is 18.9 Å². The fourth-order valence-corrected chi connectivity index (χ4v) is 1.23. The minimum absolute atomic E-state index is 0.168. The van der Waals surface area contributed by atoms with E-state index in [1.54, 1.807) is 0 Å². The summed E-state index contributed by atoms with van der Waals surface area (Å²) in [7, 11) is 0. The number of rotatable bonds is 2. The highest BCUT2D eigenvalue weighted by atomic mass is 35.5. The first-order valence-electron chi connectivity index (χ1n) is 3.87. The van der Waals surface area contributed by atoms with Crippen molar-refractivity contribution < 1.29 is 9.59 Å². The Labute approximate surface area is 75.6 Å². The molecule has 4 nitrogen and oxygen atoms in total. The summed E-state index contributed by atoms with van der Waals surface area (Å²) >= 11 is 5.22. The van der Waals surface area contributed by atoms with Crippen molar-refractivity contribution in [1.82, 2.24) is 10.6 Å². The van der Waals surface area contributed by atoms with Crippen LogP contribution in [0.1, 0.15) is 12.8 Å². The van der Waals surface area contributed by atoms with Crippen LogP contribution in [0.3, 0.4) is 0 Å². The van der Waals surface area contributed by atoms with Crippen molar-refractivity contribution in [3.63, 3.8) is 0 Å². The summed E-state index contributed by atoms with van der Waals surface area (Å²) in [6.45, 7) is 0.840. The lowest BCUT2D eigenvalue weighted by atomic mass is 10.2. The topological polar surface area (TPSA) is 58.2 Å². The van der Waals surface area contributed by atoms with Crippen LogP contribution in [0.4, 0.5) is 0 Å². The highest BCUT2D eigenvalue weighted by Gasteiger charge is 2.22. The molecule has 0 bridgehead atoms. The van der Waals surface area contributed by atoms with Gasteiger partial charge in [-0.25, -0.2) is 0 Å². The lowest BCUT2D eigenvalue weighted by Gasteiger charge is -2.08. The molecule has 0 spiro atoms. The van der Waals surface area contributed by atoms with Gasteiger partial charge in [-0.05, 0) is 19.4 Å². The van der Waals surface area contributed by atoms with E-state index in [0.717, 1.165) is 19.4 Å². The van der Waals surface area contributed by atoms with Crippen molar-refractivity contribution in [2.24, 2.45) is 0 Å². The van der Waals surface area contributed by atoms with Crippen LogP contribution in [0.15, 0.2) is 0 Å². The summed E-state index contributed by atoms with van der Waals surface area (Å²) in [5.74, 6) is -0.869. The van der Waals surface area contributed by atoms with E-state index in [-0.39, 0.29) is 17.8 Å². The quantitative estimate of drug-likeness (QED) is 0.584. The van der Waals surface area contributed by atoms with E-state index in [0.29, 0.717) is 0 Å². The minimum atomic E-state index is -0.435. The lowest BCUT2D eigenvalue weighted by Crippen LogP contribution is -2.43. The second-order valence-electron chi connectivity index (χ2n) is 2.69.